The summed E-state index contributed by atoms with van der Waals surface area (Å²) in [7, 11) is -9.77. The van der Waals surface area contributed by atoms with Crippen LogP contribution in [-0.2, 0) is 34.3 Å². The summed E-state index contributed by atoms with van der Waals surface area (Å²) in [6.45, 7) is -2.44. The second-order valence-corrected chi connectivity index (χ2v) is 9.71. The molecule has 0 amide bonds. The fourth-order valence-corrected chi connectivity index (χ4v) is 3.60. The number of phosphoric acid groups is 2. The molecule has 20 heteroatoms. The van der Waals surface area contributed by atoms with E-state index in [2.05, 4.69) is 19.4 Å². The summed E-state index contributed by atoms with van der Waals surface area (Å²) in [5, 5.41) is 56.5. The van der Waals surface area contributed by atoms with E-state index in [9.17, 15) is 29.6 Å². The topological polar surface area (TPSA) is 284 Å². The molecule has 34 heavy (non-hydrogen) atoms. The predicted molar refractivity (Wildman–Crippen MR) is 104 cm³/mol. The summed E-state index contributed by atoms with van der Waals surface area (Å²) in [6.07, 6.45) is -9.45. The summed E-state index contributed by atoms with van der Waals surface area (Å²) in [5.41, 5.74) is 0.0604. The first-order valence-electron chi connectivity index (χ1n) is 9.63. The molecule has 1 aliphatic rings. The molecule has 18 nitrogen and oxygen atoms in total. The molecule has 0 aliphatic carbocycles. The van der Waals surface area contributed by atoms with Crippen LogP contribution in [0.15, 0.2) is 6.20 Å². The van der Waals surface area contributed by atoms with E-state index in [-0.39, 0.29) is 12.1 Å². The van der Waals surface area contributed by atoms with Gasteiger partial charge >= 0.3 is 15.6 Å². The molecule has 0 radical (unpaired) electrons. The standard InChI is InChI=1S/C14H27N3O15P2/c18-2-1-8(19)11(20)9(5-30-33(23,24)25)29-4-7-3-17(16-15-7)14-13(22)12(21)10(32-14)6-31-34(26,27)28/h3,8-14,18-22H,1-2,4-6H2,(H2,23,24,25)(H2,26,27,28)/t8-,9-,10-,11+,12-,13-,14-/m1/s1. The Morgan fingerprint density at radius 1 is 1.09 bits per heavy atom. The van der Waals surface area contributed by atoms with Gasteiger partial charge in [0.2, 0.25) is 0 Å². The van der Waals surface area contributed by atoms with Gasteiger partial charge in [0.15, 0.2) is 6.23 Å². The number of nitrogens with zero attached hydrogens (tertiary/aromatic N) is 3. The van der Waals surface area contributed by atoms with Crippen LogP contribution < -0.4 is 0 Å². The van der Waals surface area contributed by atoms with Crippen molar-refractivity contribution in [1.82, 2.24) is 15.0 Å². The lowest BCUT2D eigenvalue weighted by molar-refractivity contribution is -0.115. The third kappa shape index (κ3) is 8.94. The van der Waals surface area contributed by atoms with E-state index in [4.69, 9.17) is 34.2 Å². The molecule has 0 aromatic carbocycles. The van der Waals surface area contributed by atoms with Crippen molar-refractivity contribution < 1.29 is 72.8 Å². The highest BCUT2D eigenvalue weighted by Crippen LogP contribution is 2.38. The Morgan fingerprint density at radius 3 is 2.32 bits per heavy atom. The smallest absolute Gasteiger partial charge is 0.396 e. The number of phosphoric ester groups is 2. The van der Waals surface area contributed by atoms with E-state index in [0.29, 0.717) is 0 Å². The maximum Gasteiger partial charge on any atom is 0.469 e. The third-order valence-corrected chi connectivity index (χ3v) is 5.59. The first kappa shape index (κ1) is 29.3. The number of aliphatic hydroxyl groups is 5. The molecular formula is C14H27N3O15P2. The SMILES string of the molecule is O=P(O)(O)OC[C@H]1O[C@@H](n2cc(CO[C@H](COP(=O)(O)O)[C@@H](O)[C@H](O)CCO)nn2)[C@H](O)[C@@H]1O. The van der Waals surface area contributed by atoms with Crippen molar-refractivity contribution >= 4 is 15.6 Å². The first-order chi connectivity index (χ1) is 15.7. The van der Waals surface area contributed by atoms with E-state index in [1.54, 1.807) is 0 Å². The van der Waals surface area contributed by atoms with Crippen LogP contribution in [0.5, 0.6) is 0 Å². The Kier molecular flexibility index (Phi) is 10.7. The van der Waals surface area contributed by atoms with Crippen LogP contribution in [0.4, 0.5) is 0 Å². The van der Waals surface area contributed by atoms with Crippen LogP contribution in [0, 0.1) is 0 Å². The van der Waals surface area contributed by atoms with Gasteiger partial charge < -0.3 is 54.6 Å². The Balaban J connectivity index is 2.02. The van der Waals surface area contributed by atoms with Gasteiger partial charge in [-0.15, -0.1) is 5.10 Å². The van der Waals surface area contributed by atoms with Crippen LogP contribution in [0.2, 0.25) is 0 Å². The predicted octanol–water partition coefficient (Wildman–Crippen LogP) is -3.89. The maximum atomic E-state index is 11.0. The number of hydrogen-bond acceptors (Lipinski definition) is 13. The van der Waals surface area contributed by atoms with Crippen molar-refractivity contribution in [3.63, 3.8) is 0 Å². The van der Waals surface area contributed by atoms with Gasteiger partial charge in [-0.2, -0.15) is 0 Å². The normalized spacial score (nSPS) is 26.5. The average molecular weight is 539 g/mol. The van der Waals surface area contributed by atoms with E-state index in [0.717, 1.165) is 4.68 Å². The second-order valence-electron chi connectivity index (χ2n) is 7.23. The summed E-state index contributed by atoms with van der Waals surface area (Å²) in [5.74, 6) is 0. The summed E-state index contributed by atoms with van der Waals surface area (Å²) >= 11 is 0. The number of ether oxygens (including phenoxy) is 2. The highest BCUT2D eigenvalue weighted by atomic mass is 31.2. The fraction of sp³-hybridized carbons (Fsp3) is 0.857. The molecule has 1 saturated heterocycles. The zero-order valence-corrected chi connectivity index (χ0v) is 19.2. The highest BCUT2D eigenvalue weighted by Gasteiger charge is 2.45. The van der Waals surface area contributed by atoms with E-state index in [1.807, 2.05) is 0 Å². The first-order valence-corrected chi connectivity index (χ1v) is 12.7. The van der Waals surface area contributed by atoms with Gasteiger partial charge in [0.1, 0.15) is 36.2 Å². The zero-order valence-electron chi connectivity index (χ0n) is 17.4. The lowest BCUT2D eigenvalue weighted by atomic mass is 10.1. The minimum absolute atomic E-state index is 0.0604. The van der Waals surface area contributed by atoms with Crippen molar-refractivity contribution in [2.45, 2.75) is 55.9 Å². The van der Waals surface area contributed by atoms with Crippen molar-refractivity contribution in [2.75, 3.05) is 19.8 Å². The quantitative estimate of drug-likeness (QED) is 0.102. The Hall–Kier alpha value is -0.920. The van der Waals surface area contributed by atoms with Gasteiger partial charge in [0.25, 0.3) is 0 Å². The highest BCUT2D eigenvalue weighted by molar-refractivity contribution is 7.46. The van der Waals surface area contributed by atoms with Crippen molar-refractivity contribution in [3.8, 4) is 0 Å². The zero-order chi connectivity index (χ0) is 25.7. The lowest BCUT2D eigenvalue weighted by Gasteiger charge is -2.26. The molecule has 0 spiro atoms. The molecule has 9 N–H and O–H groups in total. The molecule has 1 aliphatic heterocycles. The number of aliphatic hydroxyl groups excluding tert-OH is 5. The van der Waals surface area contributed by atoms with Crippen LogP contribution in [0.1, 0.15) is 18.3 Å². The van der Waals surface area contributed by atoms with Crippen LogP contribution >= 0.6 is 15.6 Å². The van der Waals surface area contributed by atoms with Gasteiger partial charge in [0.05, 0.1) is 32.1 Å². The Labute approximate surface area is 191 Å². The summed E-state index contributed by atoms with van der Waals surface area (Å²) in [4.78, 5) is 35.2. The Morgan fingerprint density at radius 2 is 1.74 bits per heavy atom. The second kappa shape index (κ2) is 12.4. The van der Waals surface area contributed by atoms with E-state index in [1.165, 1.54) is 6.20 Å². The van der Waals surface area contributed by atoms with Crippen molar-refractivity contribution in [1.29, 1.82) is 0 Å². The number of hydrogen-bond donors (Lipinski definition) is 9. The Bertz CT molecular complexity index is 861. The molecule has 1 fully saturated rings. The molecule has 1 aromatic heterocycles. The number of aromatic nitrogens is 3. The minimum Gasteiger partial charge on any atom is -0.396 e. The van der Waals surface area contributed by atoms with Crippen molar-refractivity contribution in [2.24, 2.45) is 0 Å². The van der Waals surface area contributed by atoms with Gasteiger partial charge in [-0.05, 0) is 6.42 Å². The van der Waals surface area contributed by atoms with Gasteiger partial charge in [-0.25, -0.2) is 13.8 Å². The number of rotatable bonds is 14. The molecule has 0 bridgehead atoms. The van der Waals surface area contributed by atoms with Crippen molar-refractivity contribution in [3.05, 3.63) is 11.9 Å². The average Bonchev–Trinajstić information content (AvgIpc) is 3.30. The van der Waals surface area contributed by atoms with E-state index >= 15 is 0 Å². The largest absolute Gasteiger partial charge is 0.469 e. The van der Waals surface area contributed by atoms with Gasteiger partial charge in [-0.1, -0.05) is 5.21 Å². The molecule has 2 heterocycles. The summed E-state index contributed by atoms with van der Waals surface area (Å²) < 4.78 is 42.0. The van der Waals surface area contributed by atoms with Gasteiger partial charge in [0, 0.05) is 6.61 Å². The molecule has 2 rings (SSSR count). The molecular weight excluding hydrogens is 512 g/mol. The molecule has 1 aromatic rings. The summed E-state index contributed by atoms with van der Waals surface area (Å²) in [6, 6.07) is 0. The fourth-order valence-electron chi connectivity index (χ4n) is 2.92. The van der Waals surface area contributed by atoms with E-state index < -0.39 is 84.9 Å². The minimum atomic E-state index is -4.93. The van der Waals surface area contributed by atoms with Crippen LogP contribution in [-0.4, -0.2) is 117 Å². The maximum absolute atomic E-state index is 11.0. The monoisotopic (exact) mass is 539 g/mol. The molecule has 0 unspecified atom stereocenters. The lowest BCUT2D eigenvalue weighted by Crippen LogP contribution is -2.42. The molecule has 198 valence electrons. The molecule has 0 saturated carbocycles. The van der Waals surface area contributed by atoms with Gasteiger partial charge in [-0.3, -0.25) is 9.05 Å². The van der Waals surface area contributed by atoms with Crippen LogP contribution in [0.3, 0.4) is 0 Å². The van der Waals surface area contributed by atoms with Crippen LogP contribution in [0.25, 0.3) is 0 Å². The molecule has 7 atom stereocenters. The third-order valence-electron chi connectivity index (χ3n) is 4.61.